The zero-order valence-electron chi connectivity index (χ0n) is 20.5. The van der Waals surface area contributed by atoms with Gasteiger partial charge in [0.2, 0.25) is 5.92 Å². The summed E-state index contributed by atoms with van der Waals surface area (Å²) in [5, 5.41) is 10.6. The normalized spacial score (nSPS) is 14.7. The molecule has 0 spiro atoms. The summed E-state index contributed by atoms with van der Waals surface area (Å²) in [6.07, 6.45) is 12.5. The Kier molecular flexibility index (Phi) is 15.2. The van der Waals surface area contributed by atoms with Gasteiger partial charge in [0.15, 0.2) is 5.60 Å². The number of alkyl halides is 2. The SMILES string of the molecule is CCCCCCCC(F)(F)CCCCCCC=CCC(O)(COC)C(=O)OC(C)(C)C. The summed E-state index contributed by atoms with van der Waals surface area (Å²) in [4.78, 5) is 12.3. The van der Waals surface area contributed by atoms with Crippen molar-refractivity contribution in [1.82, 2.24) is 0 Å². The maximum absolute atomic E-state index is 13.9. The van der Waals surface area contributed by atoms with Gasteiger partial charge in [0.05, 0.1) is 6.61 Å². The van der Waals surface area contributed by atoms with Crippen LogP contribution in [0.3, 0.4) is 0 Å². The predicted octanol–water partition coefficient (Wildman–Crippen LogP) is 6.99. The number of methoxy groups -OCH3 is 1. The molecule has 0 radical (unpaired) electrons. The summed E-state index contributed by atoms with van der Waals surface area (Å²) in [6.45, 7) is 7.22. The first-order valence-electron chi connectivity index (χ1n) is 11.9. The number of esters is 1. The standard InChI is InChI=1S/C25H46F2O4/c1-6-7-8-12-16-19-25(26,27)20-17-14-11-9-10-13-15-18-24(29,21-30-5)22(28)31-23(2,3)4/h13,15,29H,6-12,14,16-21H2,1-5H3. The fourth-order valence-electron chi connectivity index (χ4n) is 3.32. The van der Waals surface area contributed by atoms with E-state index in [1.54, 1.807) is 26.8 Å². The molecule has 6 heteroatoms. The molecule has 184 valence electrons. The van der Waals surface area contributed by atoms with E-state index in [0.717, 1.165) is 51.4 Å². The molecule has 1 unspecified atom stereocenters. The van der Waals surface area contributed by atoms with E-state index in [2.05, 4.69) is 6.92 Å². The minimum Gasteiger partial charge on any atom is -0.458 e. The molecule has 0 aromatic rings. The molecule has 0 aromatic heterocycles. The Labute approximate surface area is 188 Å². The Hall–Kier alpha value is -1.01. The highest BCUT2D eigenvalue weighted by Crippen LogP contribution is 2.28. The van der Waals surface area contributed by atoms with E-state index in [1.165, 1.54) is 7.11 Å². The molecule has 0 aliphatic carbocycles. The molecule has 1 N–H and O–H groups in total. The van der Waals surface area contributed by atoms with E-state index in [4.69, 9.17) is 9.47 Å². The molecule has 4 nitrogen and oxygen atoms in total. The van der Waals surface area contributed by atoms with Gasteiger partial charge in [0, 0.05) is 26.4 Å². The van der Waals surface area contributed by atoms with Crippen molar-refractivity contribution < 1.29 is 28.2 Å². The second-order valence-electron chi connectivity index (χ2n) is 9.62. The molecule has 1 atom stereocenters. The van der Waals surface area contributed by atoms with Crippen molar-refractivity contribution in [2.24, 2.45) is 0 Å². The summed E-state index contributed by atoms with van der Waals surface area (Å²) < 4.78 is 38.0. The first kappa shape index (κ1) is 30.0. The average Bonchev–Trinajstić information content (AvgIpc) is 2.65. The lowest BCUT2D eigenvalue weighted by Crippen LogP contribution is -2.46. The molecule has 0 saturated carbocycles. The Morgan fingerprint density at radius 3 is 1.97 bits per heavy atom. The monoisotopic (exact) mass is 448 g/mol. The van der Waals surface area contributed by atoms with Gasteiger partial charge in [-0.15, -0.1) is 0 Å². The van der Waals surface area contributed by atoms with Crippen LogP contribution >= 0.6 is 0 Å². The first-order chi connectivity index (χ1) is 14.5. The molecule has 0 fully saturated rings. The third-order valence-electron chi connectivity index (χ3n) is 5.09. The summed E-state index contributed by atoms with van der Waals surface area (Å²) in [6, 6.07) is 0. The number of hydrogen-bond donors (Lipinski definition) is 1. The summed E-state index contributed by atoms with van der Waals surface area (Å²) >= 11 is 0. The van der Waals surface area contributed by atoms with E-state index in [1.807, 2.05) is 6.08 Å². The number of halogens is 2. The topological polar surface area (TPSA) is 55.8 Å². The van der Waals surface area contributed by atoms with E-state index in [9.17, 15) is 18.7 Å². The van der Waals surface area contributed by atoms with Gasteiger partial charge >= 0.3 is 5.97 Å². The number of allylic oxidation sites excluding steroid dienone is 1. The van der Waals surface area contributed by atoms with E-state index in [-0.39, 0.29) is 25.9 Å². The van der Waals surface area contributed by atoms with Gasteiger partial charge in [-0.3, -0.25) is 0 Å². The molecule has 0 rings (SSSR count). The van der Waals surface area contributed by atoms with Crippen molar-refractivity contribution >= 4 is 5.97 Å². The highest BCUT2D eigenvalue weighted by molar-refractivity contribution is 5.80. The molecule has 0 amide bonds. The number of unbranched alkanes of at least 4 members (excludes halogenated alkanes) is 8. The molecule has 0 aromatic carbocycles. The van der Waals surface area contributed by atoms with Crippen molar-refractivity contribution in [2.75, 3.05) is 13.7 Å². The van der Waals surface area contributed by atoms with E-state index < -0.39 is 23.1 Å². The molecule has 0 aliphatic rings. The van der Waals surface area contributed by atoms with Crippen LogP contribution in [0, 0.1) is 0 Å². The van der Waals surface area contributed by atoms with Gasteiger partial charge in [0.1, 0.15) is 5.60 Å². The van der Waals surface area contributed by atoms with Gasteiger partial charge in [-0.2, -0.15) is 0 Å². The van der Waals surface area contributed by atoms with Crippen LogP contribution in [0.5, 0.6) is 0 Å². The van der Waals surface area contributed by atoms with Gasteiger partial charge in [-0.05, 0) is 46.5 Å². The molecular formula is C25H46F2O4. The number of aliphatic hydroxyl groups is 1. The number of carbonyl (C=O) groups excluding carboxylic acids is 1. The highest BCUT2D eigenvalue weighted by atomic mass is 19.3. The molecule has 0 bridgehead atoms. The third kappa shape index (κ3) is 16.3. The maximum Gasteiger partial charge on any atom is 0.341 e. The lowest BCUT2D eigenvalue weighted by Gasteiger charge is -2.29. The van der Waals surface area contributed by atoms with Gasteiger partial charge in [-0.25, -0.2) is 13.6 Å². The first-order valence-corrected chi connectivity index (χ1v) is 11.9. The average molecular weight is 449 g/mol. The number of carbonyl (C=O) groups is 1. The van der Waals surface area contributed by atoms with Crippen LogP contribution in [0.15, 0.2) is 12.2 Å². The maximum atomic E-state index is 13.9. The van der Waals surface area contributed by atoms with Crippen molar-refractivity contribution in [1.29, 1.82) is 0 Å². The van der Waals surface area contributed by atoms with Crippen molar-refractivity contribution in [3.63, 3.8) is 0 Å². The Morgan fingerprint density at radius 2 is 1.45 bits per heavy atom. The summed E-state index contributed by atoms with van der Waals surface area (Å²) in [7, 11) is 1.43. The lowest BCUT2D eigenvalue weighted by atomic mass is 9.99. The Bertz CT molecular complexity index is 500. The summed E-state index contributed by atoms with van der Waals surface area (Å²) in [5.41, 5.74) is -2.39. The Balaban J connectivity index is 4.04. The molecule has 0 heterocycles. The zero-order valence-corrected chi connectivity index (χ0v) is 20.5. The fourth-order valence-corrected chi connectivity index (χ4v) is 3.32. The van der Waals surface area contributed by atoms with Crippen LogP contribution in [0.25, 0.3) is 0 Å². The van der Waals surface area contributed by atoms with Crippen LogP contribution in [-0.4, -0.2) is 41.9 Å². The highest BCUT2D eigenvalue weighted by Gasteiger charge is 2.38. The molecule has 0 saturated heterocycles. The molecule has 0 aliphatic heterocycles. The van der Waals surface area contributed by atoms with Gasteiger partial charge < -0.3 is 14.6 Å². The molecule has 31 heavy (non-hydrogen) atoms. The van der Waals surface area contributed by atoms with Gasteiger partial charge in [0.25, 0.3) is 0 Å². The van der Waals surface area contributed by atoms with Crippen molar-refractivity contribution in [3.8, 4) is 0 Å². The second-order valence-corrected chi connectivity index (χ2v) is 9.62. The van der Waals surface area contributed by atoms with Gasteiger partial charge in [-0.1, -0.05) is 57.6 Å². The number of ether oxygens (including phenoxy) is 2. The van der Waals surface area contributed by atoms with Crippen molar-refractivity contribution in [3.05, 3.63) is 12.2 Å². The fraction of sp³-hybridized carbons (Fsp3) is 0.880. The van der Waals surface area contributed by atoms with Crippen LogP contribution in [0.4, 0.5) is 8.78 Å². The van der Waals surface area contributed by atoms with Crippen LogP contribution in [0.2, 0.25) is 0 Å². The quantitative estimate of drug-likeness (QED) is 0.139. The number of hydrogen-bond acceptors (Lipinski definition) is 4. The van der Waals surface area contributed by atoms with Crippen LogP contribution in [0.1, 0.15) is 111 Å². The third-order valence-corrected chi connectivity index (χ3v) is 5.09. The minimum atomic E-state index is -2.53. The number of rotatable bonds is 18. The molecular weight excluding hydrogens is 402 g/mol. The van der Waals surface area contributed by atoms with Crippen LogP contribution < -0.4 is 0 Å². The summed E-state index contributed by atoms with van der Waals surface area (Å²) in [5.74, 6) is -3.22. The second kappa shape index (κ2) is 15.7. The Morgan fingerprint density at radius 1 is 0.903 bits per heavy atom. The van der Waals surface area contributed by atoms with Crippen LogP contribution in [-0.2, 0) is 14.3 Å². The zero-order chi connectivity index (χ0) is 23.8. The predicted molar refractivity (Wildman–Crippen MR) is 122 cm³/mol. The van der Waals surface area contributed by atoms with Crippen molar-refractivity contribution in [2.45, 2.75) is 128 Å². The minimum absolute atomic E-state index is 0.0154. The lowest BCUT2D eigenvalue weighted by molar-refractivity contribution is -0.182. The van der Waals surface area contributed by atoms with E-state index >= 15 is 0 Å². The van der Waals surface area contributed by atoms with E-state index in [0.29, 0.717) is 12.8 Å². The largest absolute Gasteiger partial charge is 0.458 e. The smallest absolute Gasteiger partial charge is 0.341 e.